The molecule has 0 bridgehead atoms. The van der Waals surface area contributed by atoms with E-state index in [1.54, 1.807) is 47.3 Å². The molecule has 150 valence electrons. The Kier molecular flexibility index (Phi) is 4.16. The Morgan fingerprint density at radius 1 is 1.17 bits per heavy atom. The Balaban J connectivity index is 1.60. The average Bonchev–Trinajstić information content (AvgIpc) is 3.39. The normalized spacial score (nSPS) is 15.6. The highest BCUT2D eigenvalue weighted by Crippen LogP contribution is 2.31. The van der Waals surface area contributed by atoms with E-state index in [4.69, 9.17) is 5.26 Å². The van der Waals surface area contributed by atoms with Crippen LogP contribution in [0, 0.1) is 11.3 Å². The highest BCUT2D eigenvalue weighted by Gasteiger charge is 2.39. The van der Waals surface area contributed by atoms with Crippen LogP contribution in [-0.4, -0.2) is 45.2 Å². The van der Waals surface area contributed by atoms with Crippen LogP contribution in [0.3, 0.4) is 0 Å². The summed E-state index contributed by atoms with van der Waals surface area (Å²) in [5.41, 5.74) is 1.27. The number of benzene rings is 1. The number of nitrogens with one attached hydrogen (secondary N) is 1. The van der Waals surface area contributed by atoms with Gasteiger partial charge in [-0.25, -0.2) is 22.4 Å². The summed E-state index contributed by atoms with van der Waals surface area (Å²) < 4.78 is 29.1. The molecule has 0 aliphatic carbocycles. The van der Waals surface area contributed by atoms with E-state index < -0.39 is 10.0 Å². The third-order valence-electron chi connectivity index (χ3n) is 5.41. The van der Waals surface area contributed by atoms with Gasteiger partial charge in [-0.3, -0.25) is 4.68 Å². The van der Waals surface area contributed by atoms with Gasteiger partial charge in [0.1, 0.15) is 11.9 Å². The van der Waals surface area contributed by atoms with Gasteiger partial charge in [0.2, 0.25) is 0 Å². The van der Waals surface area contributed by atoms with E-state index in [0.29, 0.717) is 36.2 Å². The zero-order valence-corrected chi connectivity index (χ0v) is 16.6. The summed E-state index contributed by atoms with van der Waals surface area (Å²) in [7, 11) is -3.78. The summed E-state index contributed by atoms with van der Waals surface area (Å²) in [5, 5.41) is 17.4. The molecule has 0 amide bonds. The molecule has 0 saturated carbocycles. The van der Waals surface area contributed by atoms with Crippen molar-refractivity contribution >= 4 is 21.1 Å². The molecule has 0 unspecified atom stereocenters. The summed E-state index contributed by atoms with van der Waals surface area (Å²) in [4.78, 5) is 8.79. The molecular formula is C20H17N7O2S. The standard InChI is InChI=1S/C20H17N7O2S/c21-8-7-20(12-22-13-20)27-11-15(10-25-27)18-17-6-9-26(19(17)24-14-23-18)30(28,29)16-4-2-1-3-5-16/h1-6,9-11,14,22H,7,12-13H2. The van der Waals surface area contributed by atoms with Crippen LogP contribution in [0.25, 0.3) is 22.3 Å². The zero-order valence-electron chi connectivity index (χ0n) is 15.8. The molecule has 1 N–H and O–H groups in total. The molecule has 30 heavy (non-hydrogen) atoms. The molecule has 0 atom stereocenters. The molecule has 5 rings (SSSR count). The van der Waals surface area contributed by atoms with Crippen molar-refractivity contribution in [2.45, 2.75) is 16.9 Å². The van der Waals surface area contributed by atoms with Gasteiger partial charge < -0.3 is 5.32 Å². The van der Waals surface area contributed by atoms with Crippen LogP contribution in [0.1, 0.15) is 6.42 Å². The SMILES string of the molecule is N#CCC1(n2cc(-c3ncnc4c3ccn4S(=O)(=O)c3ccccc3)cn2)CNC1. The van der Waals surface area contributed by atoms with Crippen LogP contribution in [0.15, 0.2) is 66.2 Å². The van der Waals surface area contributed by atoms with E-state index >= 15 is 0 Å². The summed E-state index contributed by atoms with van der Waals surface area (Å²) in [6.45, 7) is 1.35. The average molecular weight is 419 g/mol. The van der Waals surface area contributed by atoms with E-state index in [1.807, 2.05) is 6.20 Å². The third kappa shape index (κ3) is 2.71. The van der Waals surface area contributed by atoms with Gasteiger partial charge in [-0.1, -0.05) is 18.2 Å². The summed E-state index contributed by atoms with van der Waals surface area (Å²) in [5.74, 6) is 0. The minimum atomic E-state index is -3.78. The highest BCUT2D eigenvalue weighted by molar-refractivity contribution is 7.90. The van der Waals surface area contributed by atoms with E-state index in [9.17, 15) is 8.42 Å². The number of aromatic nitrogens is 5. The second kappa shape index (κ2) is 6.76. The van der Waals surface area contributed by atoms with Crippen molar-refractivity contribution in [3.8, 4) is 17.3 Å². The smallest absolute Gasteiger partial charge is 0.269 e. The number of rotatable bonds is 5. The largest absolute Gasteiger partial charge is 0.312 e. The maximum absolute atomic E-state index is 13.1. The Morgan fingerprint density at radius 2 is 1.97 bits per heavy atom. The van der Waals surface area contributed by atoms with Crippen LogP contribution in [-0.2, 0) is 15.6 Å². The molecule has 10 heteroatoms. The molecular weight excluding hydrogens is 402 g/mol. The number of nitrogens with zero attached hydrogens (tertiary/aromatic N) is 6. The first kappa shape index (κ1) is 18.5. The minimum Gasteiger partial charge on any atom is -0.312 e. The van der Waals surface area contributed by atoms with Crippen molar-refractivity contribution in [3.63, 3.8) is 0 Å². The molecule has 1 aliphatic rings. The molecule has 1 saturated heterocycles. The Bertz CT molecular complexity index is 1380. The highest BCUT2D eigenvalue weighted by atomic mass is 32.2. The van der Waals surface area contributed by atoms with Crippen molar-refractivity contribution in [2.24, 2.45) is 0 Å². The Hall–Kier alpha value is -3.55. The molecule has 1 fully saturated rings. The van der Waals surface area contributed by atoms with Gasteiger partial charge >= 0.3 is 0 Å². The third-order valence-corrected chi connectivity index (χ3v) is 7.09. The summed E-state index contributed by atoms with van der Waals surface area (Å²) >= 11 is 0. The van der Waals surface area contributed by atoms with Gasteiger partial charge in [-0.05, 0) is 18.2 Å². The van der Waals surface area contributed by atoms with Crippen LogP contribution in [0.4, 0.5) is 0 Å². The van der Waals surface area contributed by atoms with E-state index in [2.05, 4.69) is 26.5 Å². The van der Waals surface area contributed by atoms with Crippen molar-refractivity contribution in [1.29, 1.82) is 5.26 Å². The quantitative estimate of drug-likeness (QED) is 0.523. The van der Waals surface area contributed by atoms with Crippen LogP contribution >= 0.6 is 0 Å². The minimum absolute atomic E-state index is 0.186. The zero-order chi connectivity index (χ0) is 20.8. The second-order valence-electron chi connectivity index (χ2n) is 7.23. The first-order valence-corrected chi connectivity index (χ1v) is 10.8. The lowest BCUT2D eigenvalue weighted by atomic mass is 9.89. The maximum atomic E-state index is 13.1. The fourth-order valence-corrected chi connectivity index (χ4v) is 5.01. The van der Waals surface area contributed by atoms with E-state index in [0.717, 1.165) is 5.56 Å². The second-order valence-corrected chi connectivity index (χ2v) is 9.04. The molecule has 0 spiro atoms. The van der Waals surface area contributed by atoms with Gasteiger partial charge in [-0.15, -0.1) is 0 Å². The molecule has 9 nitrogen and oxygen atoms in total. The molecule has 4 aromatic rings. The van der Waals surface area contributed by atoms with Crippen LogP contribution in [0.2, 0.25) is 0 Å². The van der Waals surface area contributed by atoms with Crippen LogP contribution < -0.4 is 5.32 Å². The predicted octanol–water partition coefficient (Wildman–Crippen LogP) is 1.74. The molecule has 3 aromatic heterocycles. The van der Waals surface area contributed by atoms with Crippen molar-refractivity contribution < 1.29 is 8.42 Å². The summed E-state index contributed by atoms with van der Waals surface area (Å²) in [6.07, 6.45) is 6.72. The number of nitriles is 1. The van der Waals surface area contributed by atoms with Crippen molar-refractivity contribution in [2.75, 3.05) is 13.1 Å². The fraction of sp³-hybridized carbons (Fsp3) is 0.200. The van der Waals surface area contributed by atoms with Gasteiger partial charge in [0, 0.05) is 36.4 Å². The molecule has 4 heterocycles. The lowest BCUT2D eigenvalue weighted by Crippen LogP contribution is -2.60. The first-order valence-electron chi connectivity index (χ1n) is 9.31. The van der Waals surface area contributed by atoms with E-state index in [-0.39, 0.29) is 10.4 Å². The Labute approximate surface area is 172 Å². The lowest BCUT2D eigenvalue weighted by molar-refractivity contribution is 0.160. The molecule has 0 radical (unpaired) electrons. The monoisotopic (exact) mass is 419 g/mol. The maximum Gasteiger partial charge on any atom is 0.269 e. The Morgan fingerprint density at radius 3 is 2.67 bits per heavy atom. The van der Waals surface area contributed by atoms with E-state index in [1.165, 1.54) is 16.5 Å². The predicted molar refractivity (Wildman–Crippen MR) is 109 cm³/mol. The molecule has 1 aliphatic heterocycles. The van der Waals surface area contributed by atoms with Gasteiger partial charge in [-0.2, -0.15) is 10.4 Å². The first-order chi connectivity index (χ1) is 14.5. The lowest BCUT2D eigenvalue weighted by Gasteiger charge is -2.41. The fourth-order valence-electron chi connectivity index (χ4n) is 3.69. The number of hydrogen-bond acceptors (Lipinski definition) is 7. The van der Waals surface area contributed by atoms with Gasteiger partial charge in [0.05, 0.1) is 29.3 Å². The van der Waals surface area contributed by atoms with Crippen molar-refractivity contribution in [1.82, 2.24) is 29.0 Å². The van der Waals surface area contributed by atoms with Gasteiger partial charge in [0.25, 0.3) is 10.0 Å². The summed E-state index contributed by atoms with van der Waals surface area (Å²) in [6, 6.07) is 12.1. The van der Waals surface area contributed by atoms with Gasteiger partial charge in [0.15, 0.2) is 5.65 Å². The van der Waals surface area contributed by atoms with Crippen molar-refractivity contribution in [3.05, 3.63) is 61.3 Å². The number of fused-ring (bicyclic) bond motifs is 1. The topological polar surface area (TPSA) is 118 Å². The number of hydrogen-bond donors (Lipinski definition) is 1. The molecule has 1 aromatic carbocycles. The van der Waals surface area contributed by atoms with Crippen LogP contribution in [0.5, 0.6) is 0 Å².